The number of carbonyl (C=O) groups excluding carboxylic acids is 1. The van der Waals surface area contributed by atoms with Gasteiger partial charge in [0, 0.05) is 11.6 Å². The van der Waals surface area contributed by atoms with E-state index in [0.29, 0.717) is 5.56 Å². The van der Waals surface area contributed by atoms with Crippen molar-refractivity contribution < 1.29 is 9.18 Å². The van der Waals surface area contributed by atoms with E-state index >= 15 is 0 Å². The molecule has 3 nitrogen and oxygen atoms in total. The van der Waals surface area contributed by atoms with E-state index in [0.717, 1.165) is 25.9 Å². The van der Waals surface area contributed by atoms with Crippen LogP contribution in [0, 0.1) is 5.82 Å². The fraction of sp³-hybridized carbons (Fsp3) is 0.417. The zero-order chi connectivity index (χ0) is 11.4. The largest absolute Gasteiger partial charge is 0.349 e. The minimum Gasteiger partial charge on any atom is -0.349 e. The molecule has 1 aliphatic rings. The maximum atomic E-state index is 12.9. The first kappa shape index (κ1) is 11.1. The molecule has 86 valence electrons. The van der Waals surface area contributed by atoms with Crippen LogP contribution in [-0.4, -0.2) is 25.0 Å². The fourth-order valence-electron chi connectivity index (χ4n) is 1.86. The van der Waals surface area contributed by atoms with Gasteiger partial charge >= 0.3 is 0 Å². The summed E-state index contributed by atoms with van der Waals surface area (Å²) in [5, 5.41) is 6.14. The smallest absolute Gasteiger partial charge is 0.251 e. The monoisotopic (exact) mass is 222 g/mol. The van der Waals surface area contributed by atoms with Crippen LogP contribution in [-0.2, 0) is 0 Å². The van der Waals surface area contributed by atoms with E-state index in [1.54, 1.807) is 12.1 Å². The Bertz CT molecular complexity index is 375. The molecule has 0 unspecified atom stereocenters. The molecule has 1 fully saturated rings. The van der Waals surface area contributed by atoms with Gasteiger partial charge in [-0.05, 0) is 44.1 Å². The maximum absolute atomic E-state index is 12.9. The lowest BCUT2D eigenvalue weighted by Gasteiger charge is -2.23. The Labute approximate surface area is 94.0 Å². The number of hydrogen-bond acceptors (Lipinski definition) is 2. The number of amides is 1. The Morgan fingerprint density at radius 2 is 2.12 bits per heavy atom. The summed E-state index contributed by atoms with van der Waals surface area (Å²) in [5.41, 5.74) is 0.388. The number of halogens is 1. The van der Waals surface area contributed by atoms with Crippen LogP contribution in [0.4, 0.5) is 4.39 Å². The molecule has 2 N–H and O–H groups in total. The number of rotatable bonds is 2. The second kappa shape index (κ2) is 5.07. The topological polar surface area (TPSA) is 41.1 Å². The summed E-state index contributed by atoms with van der Waals surface area (Å²) in [4.78, 5) is 11.8. The summed E-state index contributed by atoms with van der Waals surface area (Å²) >= 11 is 0. The second-order valence-corrected chi connectivity index (χ2v) is 4.01. The van der Waals surface area contributed by atoms with Gasteiger partial charge in [0.05, 0.1) is 0 Å². The molecule has 4 heteroatoms. The maximum Gasteiger partial charge on any atom is 0.251 e. The Kier molecular flexibility index (Phi) is 3.51. The van der Waals surface area contributed by atoms with Crippen LogP contribution >= 0.6 is 0 Å². The molecular formula is C12H15FN2O. The first-order valence-electron chi connectivity index (χ1n) is 5.53. The first-order chi connectivity index (χ1) is 7.75. The molecule has 0 aromatic heterocycles. The summed E-state index contributed by atoms with van der Waals surface area (Å²) in [6, 6.07) is 5.97. The molecule has 0 atom stereocenters. The molecule has 1 heterocycles. The highest BCUT2D eigenvalue weighted by Gasteiger charge is 2.16. The van der Waals surface area contributed by atoms with Crippen LogP contribution in [0.5, 0.6) is 0 Å². The molecule has 1 saturated heterocycles. The van der Waals surface area contributed by atoms with Crippen molar-refractivity contribution >= 4 is 5.91 Å². The van der Waals surface area contributed by atoms with Gasteiger partial charge in [0.1, 0.15) is 5.82 Å². The summed E-state index contributed by atoms with van der Waals surface area (Å²) in [6.45, 7) is 1.85. The zero-order valence-corrected chi connectivity index (χ0v) is 9.00. The van der Waals surface area contributed by atoms with Gasteiger partial charge in [-0.1, -0.05) is 6.07 Å². The number of carbonyl (C=O) groups is 1. The van der Waals surface area contributed by atoms with E-state index in [2.05, 4.69) is 10.6 Å². The Morgan fingerprint density at radius 3 is 2.81 bits per heavy atom. The lowest BCUT2D eigenvalue weighted by Crippen LogP contribution is -2.42. The van der Waals surface area contributed by atoms with Crippen molar-refractivity contribution in [2.75, 3.05) is 13.1 Å². The molecule has 0 spiro atoms. The van der Waals surface area contributed by atoms with Crippen LogP contribution in [0.15, 0.2) is 24.3 Å². The van der Waals surface area contributed by atoms with E-state index in [1.807, 2.05) is 0 Å². The number of nitrogens with one attached hydrogen (secondary N) is 2. The van der Waals surface area contributed by atoms with Gasteiger partial charge in [-0.2, -0.15) is 0 Å². The molecule has 0 radical (unpaired) electrons. The van der Waals surface area contributed by atoms with Crippen LogP contribution in [0.1, 0.15) is 23.2 Å². The summed E-state index contributed by atoms with van der Waals surface area (Å²) < 4.78 is 12.9. The van der Waals surface area contributed by atoms with Crippen LogP contribution in [0.25, 0.3) is 0 Å². The van der Waals surface area contributed by atoms with Crippen molar-refractivity contribution in [2.24, 2.45) is 0 Å². The lowest BCUT2D eigenvalue weighted by atomic mass is 10.1. The van der Waals surface area contributed by atoms with Gasteiger partial charge in [0.25, 0.3) is 5.91 Å². The Hall–Kier alpha value is -1.42. The van der Waals surface area contributed by atoms with Gasteiger partial charge in [-0.25, -0.2) is 4.39 Å². The predicted molar refractivity (Wildman–Crippen MR) is 59.8 cm³/mol. The van der Waals surface area contributed by atoms with Crippen LogP contribution < -0.4 is 10.6 Å². The number of benzene rings is 1. The third kappa shape index (κ3) is 2.79. The molecule has 1 aromatic carbocycles. The highest BCUT2D eigenvalue weighted by Crippen LogP contribution is 2.06. The van der Waals surface area contributed by atoms with Crippen molar-refractivity contribution in [3.8, 4) is 0 Å². The second-order valence-electron chi connectivity index (χ2n) is 4.01. The van der Waals surface area contributed by atoms with Gasteiger partial charge in [-0.3, -0.25) is 4.79 Å². The number of hydrogen-bond donors (Lipinski definition) is 2. The SMILES string of the molecule is O=C(NC1CCNCC1)c1cccc(F)c1. The zero-order valence-electron chi connectivity index (χ0n) is 9.00. The standard InChI is InChI=1S/C12H15FN2O/c13-10-3-1-2-9(8-10)12(16)15-11-4-6-14-7-5-11/h1-3,8,11,14H,4-7H2,(H,15,16). The quantitative estimate of drug-likeness (QED) is 0.792. The molecular weight excluding hydrogens is 207 g/mol. The predicted octanol–water partition coefficient (Wildman–Crippen LogP) is 1.31. The Morgan fingerprint density at radius 1 is 1.38 bits per heavy atom. The minimum atomic E-state index is -0.377. The molecule has 16 heavy (non-hydrogen) atoms. The van der Waals surface area contributed by atoms with Gasteiger partial charge in [0.2, 0.25) is 0 Å². The van der Waals surface area contributed by atoms with Crippen LogP contribution in [0.3, 0.4) is 0 Å². The highest BCUT2D eigenvalue weighted by molar-refractivity contribution is 5.94. The molecule has 1 aliphatic heterocycles. The summed E-state index contributed by atoms with van der Waals surface area (Å²) in [5.74, 6) is -0.565. The van der Waals surface area contributed by atoms with Gasteiger partial charge < -0.3 is 10.6 Å². The molecule has 0 bridgehead atoms. The van der Waals surface area contributed by atoms with Crippen molar-refractivity contribution in [1.29, 1.82) is 0 Å². The molecule has 1 aromatic rings. The lowest BCUT2D eigenvalue weighted by molar-refractivity contribution is 0.0929. The minimum absolute atomic E-state index is 0.189. The average Bonchev–Trinajstić information content (AvgIpc) is 2.30. The van der Waals surface area contributed by atoms with E-state index in [1.165, 1.54) is 12.1 Å². The van der Waals surface area contributed by atoms with Crippen LogP contribution in [0.2, 0.25) is 0 Å². The van der Waals surface area contributed by atoms with E-state index in [9.17, 15) is 9.18 Å². The van der Waals surface area contributed by atoms with Crippen molar-refractivity contribution in [3.63, 3.8) is 0 Å². The van der Waals surface area contributed by atoms with E-state index in [4.69, 9.17) is 0 Å². The molecule has 0 aliphatic carbocycles. The summed E-state index contributed by atoms with van der Waals surface area (Å²) in [6.07, 6.45) is 1.86. The Balaban J connectivity index is 1.97. The fourth-order valence-corrected chi connectivity index (χ4v) is 1.86. The molecule has 2 rings (SSSR count). The van der Waals surface area contributed by atoms with E-state index in [-0.39, 0.29) is 17.8 Å². The number of piperidine rings is 1. The average molecular weight is 222 g/mol. The van der Waals surface area contributed by atoms with Gasteiger partial charge in [0.15, 0.2) is 0 Å². The third-order valence-corrected chi connectivity index (χ3v) is 2.76. The molecule has 0 saturated carbocycles. The third-order valence-electron chi connectivity index (χ3n) is 2.76. The van der Waals surface area contributed by atoms with Crippen molar-refractivity contribution in [3.05, 3.63) is 35.6 Å². The van der Waals surface area contributed by atoms with E-state index < -0.39 is 0 Å². The molecule has 1 amide bonds. The normalized spacial score (nSPS) is 17.1. The van der Waals surface area contributed by atoms with Gasteiger partial charge in [-0.15, -0.1) is 0 Å². The highest BCUT2D eigenvalue weighted by atomic mass is 19.1. The summed E-state index contributed by atoms with van der Waals surface area (Å²) in [7, 11) is 0. The van der Waals surface area contributed by atoms with Crippen molar-refractivity contribution in [1.82, 2.24) is 10.6 Å². The van der Waals surface area contributed by atoms with Crippen molar-refractivity contribution in [2.45, 2.75) is 18.9 Å². The first-order valence-corrected chi connectivity index (χ1v) is 5.53.